The molecule has 1 rings (SSSR count). The summed E-state index contributed by atoms with van der Waals surface area (Å²) in [6.07, 6.45) is 3.32. The van der Waals surface area contributed by atoms with Crippen LogP contribution in [-0.2, 0) is 4.74 Å². The smallest absolute Gasteiger partial charge is 0.208 e. The third kappa shape index (κ3) is 5.23. The van der Waals surface area contributed by atoms with E-state index in [1.165, 1.54) is 12.8 Å². The fraction of sp³-hybridized carbons (Fsp3) is 0.923. The van der Waals surface area contributed by atoms with E-state index < -0.39 is 0 Å². The lowest BCUT2D eigenvalue weighted by Gasteiger charge is -2.38. The Kier molecular flexibility index (Phi) is 6.43. The van der Waals surface area contributed by atoms with E-state index >= 15 is 0 Å². The Balaban J connectivity index is 2.34. The summed E-state index contributed by atoms with van der Waals surface area (Å²) in [5.41, 5.74) is 3.17. The second-order valence-electron chi connectivity index (χ2n) is 5.55. The standard InChI is InChI=1S/C13H28N4O/c1-4-18-11-5-8-15-12(16-14)17-9-6-13(2,3)7-10-17/h4-11,14H2,1-3H3,(H,15,16). The Bertz CT molecular complexity index is 256. The monoisotopic (exact) mass is 256 g/mol. The van der Waals surface area contributed by atoms with Crippen LogP contribution < -0.4 is 11.3 Å². The van der Waals surface area contributed by atoms with Gasteiger partial charge in [0.05, 0.1) is 0 Å². The topological polar surface area (TPSA) is 62.9 Å². The van der Waals surface area contributed by atoms with Gasteiger partial charge >= 0.3 is 0 Å². The molecule has 0 radical (unpaired) electrons. The molecule has 0 atom stereocenters. The maximum absolute atomic E-state index is 5.56. The van der Waals surface area contributed by atoms with Crippen LogP contribution in [0.3, 0.4) is 0 Å². The van der Waals surface area contributed by atoms with Gasteiger partial charge in [0.15, 0.2) is 0 Å². The average Bonchev–Trinajstić information content (AvgIpc) is 2.35. The number of nitrogens with one attached hydrogen (secondary N) is 1. The molecule has 3 N–H and O–H groups in total. The van der Waals surface area contributed by atoms with Crippen molar-refractivity contribution in [2.75, 3.05) is 32.8 Å². The average molecular weight is 256 g/mol. The minimum atomic E-state index is 0.450. The second kappa shape index (κ2) is 7.59. The lowest BCUT2D eigenvalue weighted by molar-refractivity contribution is 0.146. The van der Waals surface area contributed by atoms with Crippen LogP contribution in [0.2, 0.25) is 0 Å². The third-order valence-electron chi connectivity index (χ3n) is 3.46. The molecule has 0 unspecified atom stereocenters. The maximum Gasteiger partial charge on any atom is 0.208 e. The van der Waals surface area contributed by atoms with Crippen molar-refractivity contribution in [1.82, 2.24) is 10.3 Å². The summed E-state index contributed by atoms with van der Waals surface area (Å²) in [5, 5.41) is 0. The first-order valence-electron chi connectivity index (χ1n) is 6.93. The molecule has 1 fully saturated rings. The molecule has 1 heterocycles. The summed E-state index contributed by atoms with van der Waals surface area (Å²) < 4.78 is 5.29. The summed E-state index contributed by atoms with van der Waals surface area (Å²) in [6.45, 7) is 11.0. The van der Waals surface area contributed by atoms with Crippen molar-refractivity contribution >= 4 is 5.96 Å². The van der Waals surface area contributed by atoms with Crippen LogP contribution in [0.1, 0.15) is 40.0 Å². The number of aliphatic imine (C=N–C) groups is 1. The van der Waals surface area contributed by atoms with Crippen molar-refractivity contribution in [2.24, 2.45) is 16.3 Å². The molecule has 0 amide bonds. The number of guanidine groups is 1. The molecule has 106 valence electrons. The first kappa shape index (κ1) is 15.2. The van der Waals surface area contributed by atoms with E-state index in [0.29, 0.717) is 5.41 Å². The molecular weight excluding hydrogens is 228 g/mol. The zero-order chi connectivity index (χ0) is 13.4. The van der Waals surface area contributed by atoms with Crippen molar-refractivity contribution in [3.63, 3.8) is 0 Å². The zero-order valence-corrected chi connectivity index (χ0v) is 12.0. The first-order chi connectivity index (χ1) is 8.59. The second-order valence-corrected chi connectivity index (χ2v) is 5.55. The van der Waals surface area contributed by atoms with Crippen molar-refractivity contribution in [2.45, 2.75) is 40.0 Å². The molecule has 0 bridgehead atoms. The van der Waals surface area contributed by atoms with Crippen molar-refractivity contribution < 1.29 is 4.74 Å². The number of ether oxygens (including phenoxy) is 1. The molecule has 0 spiro atoms. The maximum atomic E-state index is 5.56. The minimum Gasteiger partial charge on any atom is -0.382 e. The molecule has 1 aliphatic rings. The van der Waals surface area contributed by atoms with Crippen LogP contribution in [-0.4, -0.2) is 43.7 Å². The summed E-state index contributed by atoms with van der Waals surface area (Å²) in [5.74, 6) is 6.38. The molecular formula is C13H28N4O. The predicted octanol–water partition coefficient (Wildman–Crippen LogP) is 1.35. The van der Waals surface area contributed by atoms with E-state index in [0.717, 1.165) is 45.2 Å². The highest BCUT2D eigenvalue weighted by Gasteiger charge is 2.26. The van der Waals surface area contributed by atoms with Crippen LogP contribution in [0.15, 0.2) is 4.99 Å². The number of hydrazine groups is 1. The van der Waals surface area contributed by atoms with Gasteiger partial charge in [0.1, 0.15) is 0 Å². The fourth-order valence-corrected chi connectivity index (χ4v) is 2.06. The summed E-state index contributed by atoms with van der Waals surface area (Å²) in [6, 6.07) is 0. The van der Waals surface area contributed by atoms with Crippen LogP contribution in [0.5, 0.6) is 0 Å². The van der Waals surface area contributed by atoms with Gasteiger partial charge in [-0.25, -0.2) is 5.84 Å². The van der Waals surface area contributed by atoms with Gasteiger partial charge in [-0.1, -0.05) is 13.8 Å². The van der Waals surface area contributed by atoms with Crippen LogP contribution in [0, 0.1) is 5.41 Å². The predicted molar refractivity (Wildman–Crippen MR) is 75.3 cm³/mol. The molecule has 5 heteroatoms. The van der Waals surface area contributed by atoms with Crippen molar-refractivity contribution in [1.29, 1.82) is 0 Å². The number of nitrogens with two attached hydrogens (primary N) is 1. The van der Waals surface area contributed by atoms with E-state index in [9.17, 15) is 0 Å². The highest BCUT2D eigenvalue weighted by atomic mass is 16.5. The number of hydrogen-bond donors (Lipinski definition) is 2. The van der Waals surface area contributed by atoms with Crippen LogP contribution >= 0.6 is 0 Å². The van der Waals surface area contributed by atoms with Gasteiger partial charge in [0, 0.05) is 32.8 Å². The molecule has 0 aromatic rings. The van der Waals surface area contributed by atoms with E-state index in [1.807, 2.05) is 6.92 Å². The summed E-state index contributed by atoms with van der Waals surface area (Å²) in [7, 11) is 0. The van der Waals surface area contributed by atoms with Gasteiger partial charge in [-0.3, -0.25) is 10.4 Å². The van der Waals surface area contributed by atoms with Gasteiger partial charge < -0.3 is 9.64 Å². The molecule has 0 aliphatic carbocycles. The van der Waals surface area contributed by atoms with Crippen LogP contribution in [0.25, 0.3) is 0 Å². The van der Waals surface area contributed by atoms with Gasteiger partial charge in [0.25, 0.3) is 0 Å². The Morgan fingerprint density at radius 1 is 1.39 bits per heavy atom. The molecule has 0 saturated carbocycles. The van der Waals surface area contributed by atoms with Gasteiger partial charge in [0.2, 0.25) is 5.96 Å². The molecule has 1 saturated heterocycles. The van der Waals surface area contributed by atoms with E-state index in [1.54, 1.807) is 0 Å². The largest absolute Gasteiger partial charge is 0.382 e. The number of likely N-dealkylation sites (tertiary alicyclic amines) is 1. The summed E-state index contributed by atoms with van der Waals surface area (Å²) in [4.78, 5) is 6.75. The Labute approximate surface area is 111 Å². The lowest BCUT2D eigenvalue weighted by Crippen LogP contribution is -2.49. The SMILES string of the molecule is CCOCCCN=C(NN)N1CCC(C)(C)CC1. The minimum absolute atomic E-state index is 0.450. The highest BCUT2D eigenvalue weighted by molar-refractivity contribution is 5.79. The first-order valence-corrected chi connectivity index (χ1v) is 6.93. The number of rotatable bonds is 5. The van der Waals surface area contributed by atoms with Gasteiger partial charge in [-0.05, 0) is 31.6 Å². The van der Waals surface area contributed by atoms with E-state index in [-0.39, 0.29) is 0 Å². The number of hydrogen-bond acceptors (Lipinski definition) is 3. The molecule has 0 aromatic carbocycles. The fourth-order valence-electron chi connectivity index (χ4n) is 2.06. The Hall–Kier alpha value is -0.810. The Morgan fingerprint density at radius 3 is 2.61 bits per heavy atom. The number of piperidine rings is 1. The summed E-state index contributed by atoms with van der Waals surface area (Å²) >= 11 is 0. The van der Waals surface area contributed by atoms with Crippen molar-refractivity contribution in [3.8, 4) is 0 Å². The molecule has 18 heavy (non-hydrogen) atoms. The molecule has 0 aromatic heterocycles. The highest BCUT2D eigenvalue weighted by Crippen LogP contribution is 2.29. The van der Waals surface area contributed by atoms with E-state index in [4.69, 9.17) is 10.6 Å². The zero-order valence-electron chi connectivity index (χ0n) is 12.0. The Morgan fingerprint density at radius 2 is 2.06 bits per heavy atom. The van der Waals surface area contributed by atoms with Crippen LogP contribution in [0.4, 0.5) is 0 Å². The van der Waals surface area contributed by atoms with Crippen molar-refractivity contribution in [3.05, 3.63) is 0 Å². The van der Waals surface area contributed by atoms with E-state index in [2.05, 4.69) is 29.2 Å². The van der Waals surface area contributed by atoms with Gasteiger partial charge in [-0.15, -0.1) is 0 Å². The third-order valence-corrected chi connectivity index (χ3v) is 3.46. The van der Waals surface area contributed by atoms with Gasteiger partial charge in [-0.2, -0.15) is 0 Å². The normalized spacial score (nSPS) is 20.0. The lowest BCUT2D eigenvalue weighted by atomic mass is 9.83. The molecule has 5 nitrogen and oxygen atoms in total. The number of nitrogens with zero attached hydrogens (tertiary/aromatic N) is 2. The molecule has 1 aliphatic heterocycles. The quantitative estimate of drug-likeness (QED) is 0.256.